The molecule has 178 valence electrons. The fraction of sp³-hybridized carbons (Fsp3) is 0.500. The fourth-order valence-electron chi connectivity index (χ4n) is 5.36. The Bertz CT molecular complexity index is 934. The van der Waals surface area contributed by atoms with Gasteiger partial charge in [-0.2, -0.15) is 0 Å². The van der Waals surface area contributed by atoms with E-state index >= 15 is 0 Å². The minimum atomic E-state index is -0.0333. The highest BCUT2D eigenvalue weighted by atomic mass is 79.9. The molecule has 2 aromatic rings. The minimum Gasteiger partial charge on any atom is -0.497 e. The van der Waals surface area contributed by atoms with Gasteiger partial charge in [0.1, 0.15) is 5.75 Å². The number of hydrogen-bond acceptors (Lipinski definition) is 4. The zero-order valence-corrected chi connectivity index (χ0v) is 21.6. The van der Waals surface area contributed by atoms with Gasteiger partial charge in [-0.25, -0.2) is 4.79 Å². The van der Waals surface area contributed by atoms with E-state index in [1.165, 1.54) is 5.56 Å². The van der Waals surface area contributed by atoms with Gasteiger partial charge in [0.2, 0.25) is 0 Å². The van der Waals surface area contributed by atoms with Crippen molar-refractivity contribution < 1.29 is 9.53 Å². The van der Waals surface area contributed by atoms with E-state index in [0.717, 1.165) is 48.4 Å². The maximum atomic E-state index is 13.3. The Labute approximate surface area is 206 Å². The summed E-state index contributed by atoms with van der Waals surface area (Å²) in [6, 6.07) is 17.4. The molecule has 33 heavy (non-hydrogen) atoms. The van der Waals surface area contributed by atoms with Crippen LogP contribution < -0.4 is 10.1 Å². The lowest BCUT2D eigenvalue weighted by Crippen LogP contribution is -2.69. The summed E-state index contributed by atoms with van der Waals surface area (Å²) in [5.74, 6) is 1.21. The number of carbonyl (C=O) groups is 1. The number of nitrogens with zero attached hydrogens (tertiary/aromatic N) is 3. The number of methoxy groups -OCH3 is 1. The third kappa shape index (κ3) is 5.20. The molecule has 4 rings (SSSR count). The highest BCUT2D eigenvalue weighted by Gasteiger charge is 2.50. The van der Waals surface area contributed by atoms with Crippen LogP contribution >= 0.6 is 15.9 Å². The number of carbonyl (C=O) groups excluding carboxylic acids is 1. The molecule has 2 saturated heterocycles. The van der Waals surface area contributed by atoms with Crippen molar-refractivity contribution in [3.63, 3.8) is 0 Å². The van der Waals surface area contributed by atoms with Gasteiger partial charge in [0.25, 0.3) is 0 Å². The monoisotopic (exact) mass is 514 g/mol. The molecule has 2 aliphatic heterocycles. The van der Waals surface area contributed by atoms with E-state index in [4.69, 9.17) is 4.74 Å². The fourth-order valence-corrected chi connectivity index (χ4v) is 5.62. The van der Waals surface area contributed by atoms with Crippen molar-refractivity contribution >= 4 is 27.6 Å². The van der Waals surface area contributed by atoms with E-state index in [-0.39, 0.29) is 6.03 Å². The highest BCUT2D eigenvalue weighted by molar-refractivity contribution is 9.10. The molecule has 0 aromatic heterocycles. The average molecular weight is 515 g/mol. The Balaban J connectivity index is 1.56. The molecular weight excluding hydrogens is 480 g/mol. The number of likely N-dealkylation sites (N-methyl/N-ethyl adjacent to an activating group) is 1. The van der Waals surface area contributed by atoms with Gasteiger partial charge < -0.3 is 19.9 Å². The first kappa shape index (κ1) is 24.0. The summed E-state index contributed by atoms with van der Waals surface area (Å²) in [6.45, 7) is 4.82. The molecule has 2 heterocycles. The Kier molecular flexibility index (Phi) is 7.62. The van der Waals surface area contributed by atoms with Crippen LogP contribution in [-0.4, -0.2) is 79.7 Å². The van der Waals surface area contributed by atoms with Crippen LogP contribution in [0.1, 0.15) is 31.2 Å². The molecule has 2 aliphatic rings. The molecule has 0 aliphatic carbocycles. The predicted molar refractivity (Wildman–Crippen MR) is 137 cm³/mol. The van der Waals surface area contributed by atoms with Gasteiger partial charge in [0.15, 0.2) is 0 Å². The lowest BCUT2D eigenvalue weighted by atomic mass is 9.72. The number of halogens is 1. The second-order valence-corrected chi connectivity index (χ2v) is 10.2. The molecule has 0 spiro atoms. The van der Waals surface area contributed by atoms with E-state index in [9.17, 15) is 4.79 Å². The molecule has 0 bridgehead atoms. The van der Waals surface area contributed by atoms with E-state index in [1.807, 2.05) is 29.2 Å². The summed E-state index contributed by atoms with van der Waals surface area (Å²) in [5.41, 5.74) is 2.15. The number of urea groups is 1. The lowest BCUT2D eigenvalue weighted by Gasteiger charge is -2.59. The second-order valence-electron chi connectivity index (χ2n) is 9.33. The first-order chi connectivity index (χ1) is 15.9. The van der Waals surface area contributed by atoms with Crippen molar-refractivity contribution in [2.45, 2.75) is 43.8 Å². The molecule has 2 fully saturated rings. The molecule has 7 heteroatoms. The Hall–Kier alpha value is -2.09. The Morgan fingerprint density at radius 2 is 1.82 bits per heavy atom. The SMILES string of the molecule is CC[C@@H]1[C@H](c2ccc(Br)cc2)[C@@H]2CN(C(=O)Nc3ccc(OC)cc3)CCC(N(C)C)CN12. The van der Waals surface area contributed by atoms with Crippen molar-refractivity contribution in [2.24, 2.45) is 0 Å². The summed E-state index contributed by atoms with van der Waals surface area (Å²) in [4.78, 5) is 20.3. The standard InChI is InChI=1S/C26H35BrN4O2/c1-5-23-25(18-6-8-19(27)9-7-18)24-17-30(15-14-21(29(2)3)16-31(23)24)26(32)28-20-10-12-22(33-4)13-11-20/h6-13,21,23-25H,5,14-17H2,1-4H3,(H,28,32)/t21?,23-,24+,25+/m1/s1. The topological polar surface area (TPSA) is 48.1 Å². The van der Waals surface area contributed by atoms with Gasteiger partial charge in [-0.3, -0.25) is 4.90 Å². The van der Waals surface area contributed by atoms with Crippen LogP contribution in [0.5, 0.6) is 5.75 Å². The van der Waals surface area contributed by atoms with Crippen LogP contribution in [0.4, 0.5) is 10.5 Å². The molecule has 1 unspecified atom stereocenters. The van der Waals surface area contributed by atoms with E-state index in [0.29, 0.717) is 24.0 Å². The number of hydrogen-bond donors (Lipinski definition) is 1. The summed E-state index contributed by atoms with van der Waals surface area (Å²) in [5, 5.41) is 3.10. The number of nitrogens with one attached hydrogen (secondary N) is 1. The Morgan fingerprint density at radius 3 is 2.42 bits per heavy atom. The number of ether oxygens (including phenoxy) is 1. The first-order valence-corrected chi connectivity index (χ1v) is 12.6. The summed E-state index contributed by atoms with van der Waals surface area (Å²) >= 11 is 3.57. The molecule has 4 atom stereocenters. The normalized spacial score (nSPS) is 25.6. The van der Waals surface area contributed by atoms with Crippen molar-refractivity contribution in [3.05, 3.63) is 58.6 Å². The van der Waals surface area contributed by atoms with E-state index in [1.54, 1.807) is 7.11 Å². The number of rotatable bonds is 5. The maximum Gasteiger partial charge on any atom is 0.321 e. The van der Waals surface area contributed by atoms with Crippen LogP contribution in [0.2, 0.25) is 0 Å². The van der Waals surface area contributed by atoms with Crippen molar-refractivity contribution in [3.8, 4) is 5.75 Å². The smallest absolute Gasteiger partial charge is 0.321 e. The highest BCUT2D eigenvalue weighted by Crippen LogP contribution is 2.44. The van der Waals surface area contributed by atoms with Crippen molar-refractivity contribution in [2.75, 3.05) is 46.2 Å². The van der Waals surface area contributed by atoms with Gasteiger partial charge >= 0.3 is 6.03 Å². The molecule has 2 amide bonds. The average Bonchev–Trinajstić information content (AvgIpc) is 2.79. The quantitative estimate of drug-likeness (QED) is 0.618. The van der Waals surface area contributed by atoms with Crippen LogP contribution in [0.15, 0.2) is 53.0 Å². The molecule has 0 saturated carbocycles. The van der Waals surface area contributed by atoms with Gasteiger partial charge in [-0.15, -0.1) is 0 Å². The predicted octanol–water partition coefficient (Wildman–Crippen LogP) is 4.87. The van der Waals surface area contributed by atoms with Crippen LogP contribution in [0.25, 0.3) is 0 Å². The maximum absolute atomic E-state index is 13.3. The minimum absolute atomic E-state index is 0.0333. The Morgan fingerprint density at radius 1 is 1.12 bits per heavy atom. The number of benzene rings is 2. The summed E-state index contributed by atoms with van der Waals surface area (Å²) in [7, 11) is 5.94. The van der Waals surface area contributed by atoms with Gasteiger partial charge in [0.05, 0.1) is 7.11 Å². The van der Waals surface area contributed by atoms with Gasteiger partial charge in [-0.1, -0.05) is 35.0 Å². The third-order valence-corrected chi connectivity index (χ3v) is 7.80. The number of amides is 2. The van der Waals surface area contributed by atoms with Crippen LogP contribution in [0.3, 0.4) is 0 Å². The molecule has 0 radical (unpaired) electrons. The zero-order valence-electron chi connectivity index (χ0n) is 20.0. The summed E-state index contributed by atoms with van der Waals surface area (Å²) < 4.78 is 6.33. The third-order valence-electron chi connectivity index (χ3n) is 7.27. The van der Waals surface area contributed by atoms with E-state index in [2.05, 4.69) is 76.3 Å². The first-order valence-electron chi connectivity index (χ1n) is 11.8. The van der Waals surface area contributed by atoms with Gasteiger partial charge in [0, 0.05) is 53.8 Å². The number of fused-ring (bicyclic) bond motifs is 1. The molecule has 6 nitrogen and oxygen atoms in total. The molecule has 2 aromatic carbocycles. The largest absolute Gasteiger partial charge is 0.497 e. The summed E-state index contributed by atoms with van der Waals surface area (Å²) in [6.07, 6.45) is 2.07. The van der Waals surface area contributed by atoms with Crippen molar-refractivity contribution in [1.29, 1.82) is 0 Å². The van der Waals surface area contributed by atoms with Gasteiger partial charge in [-0.05, 0) is 68.9 Å². The molecule has 1 N–H and O–H groups in total. The number of anilines is 1. The zero-order chi connectivity index (χ0) is 23.5. The van der Waals surface area contributed by atoms with Crippen LogP contribution in [-0.2, 0) is 0 Å². The van der Waals surface area contributed by atoms with Crippen LogP contribution in [0, 0.1) is 0 Å². The lowest BCUT2D eigenvalue weighted by molar-refractivity contribution is -0.0537. The van der Waals surface area contributed by atoms with Crippen molar-refractivity contribution in [1.82, 2.24) is 14.7 Å². The molecular formula is C26H35BrN4O2. The second kappa shape index (κ2) is 10.5. The van der Waals surface area contributed by atoms with E-state index < -0.39 is 0 Å².